The van der Waals surface area contributed by atoms with Crippen LogP contribution >= 0.6 is 0 Å². The van der Waals surface area contributed by atoms with Gasteiger partial charge in [-0.1, -0.05) is 48.9 Å². The smallest absolute Gasteiger partial charge is 0.0208 e. The van der Waals surface area contributed by atoms with Crippen LogP contribution in [0.4, 0.5) is 0 Å². The van der Waals surface area contributed by atoms with E-state index in [1.54, 1.807) is 0 Å². The highest BCUT2D eigenvalue weighted by Crippen LogP contribution is 2.03. The standard InChI is InChI=1S/C13H19N/c1-4-11(2)9-14-10-13-7-5-6-12(3)8-13/h5-8,14H,2,4,9-10H2,1,3H3. The Morgan fingerprint density at radius 2 is 2.21 bits per heavy atom. The normalized spacial score (nSPS) is 10.1. The van der Waals surface area contributed by atoms with E-state index in [0.29, 0.717) is 0 Å². The van der Waals surface area contributed by atoms with E-state index in [4.69, 9.17) is 0 Å². The molecule has 1 nitrogen and oxygen atoms in total. The molecular formula is C13H19N. The molecule has 14 heavy (non-hydrogen) atoms. The number of benzene rings is 1. The average molecular weight is 189 g/mol. The fourth-order valence-electron chi connectivity index (χ4n) is 1.33. The summed E-state index contributed by atoms with van der Waals surface area (Å²) in [6.07, 6.45) is 1.06. The summed E-state index contributed by atoms with van der Waals surface area (Å²) in [6, 6.07) is 8.58. The predicted molar refractivity (Wildman–Crippen MR) is 62.3 cm³/mol. The fourth-order valence-corrected chi connectivity index (χ4v) is 1.33. The van der Waals surface area contributed by atoms with Gasteiger partial charge in [-0.25, -0.2) is 0 Å². The minimum absolute atomic E-state index is 0.921. The Morgan fingerprint density at radius 1 is 1.43 bits per heavy atom. The highest BCUT2D eigenvalue weighted by atomic mass is 14.8. The van der Waals surface area contributed by atoms with Crippen LogP contribution in [0.15, 0.2) is 36.4 Å². The lowest BCUT2D eigenvalue weighted by molar-refractivity contribution is 0.727. The van der Waals surface area contributed by atoms with Crippen molar-refractivity contribution in [1.29, 1.82) is 0 Å². The Kier molecular flexibility index (Phi) is 4.41. The Hall–Kier alpha value is -1.08. The minimum Gasteiger partial charge on any atom is -0.309 e. The maximum Gasteiger partial charge on any atom is 0.0208 e. The quantitative estimate of drug-likeness (QED) is 0.702. The van der Waals surface area contributed by atoms with Gasteiger partial charge < -0.3 is 5.32 Å². The van der Waals surface area contributed by atoms with Crippen LogP contribution in [0, 0.1) is 6.92 Å². The van der Waals surface area contributed by atoms with E-state index in [2.05, 4.69) is 50.0 Å². The van der Waals surface area contributed by atoms with Crippen LogP contribution < -0.4 is 5.32 Å². The molecule has 0 amide bonds. The summed E-state index contributed by atoms with van der Waals surface area (Å²) < 4.78 is 0. The second-order valence-electron chi connectivity index (χ2n) is 3.70. The van der Waals surface area contributed by atoms with Gasteiger partial charge in [-0.3, -0.25) is 0 Å². The molecule has 0 saturated heterocycles. The molecule has 0 heterocycles. The van der Waals surface area contributed by atoms with E-state index in [-0.39, 0.29) is 0 Å². The van der Waals surface area contributed by atoms with Crippen LogP contribution in [0.25, 0.3) is 0 Å². The van der Waals surface area contributed by atoms with Gasteiger partial charge >= 0.3 is 0 Å². The molecule has 76 valence electrons. The maximum absolute atomic E-state index is 3.96. The molecule has 0 radical (unpaired) electrons. The molecule has 0 fully saturated rings. The Balaban J connectivity index is 2.35. The molecule has 0 saturated carbocycles. The first-order chi connectivity index (χ1) is 6.72. The molecule has 1 N–H and O–H groups in total. The molecule has 1 aromatic carbocycles. The van der Waals surface area contributed by atoms with E-state index < -0.39 is 0 Å². The number of nitrogens with one attached hydrogen (secondary N) is 1. The summed E-state index contributed by atoms with van der Waals surface area (Å²) in [5.41, 5.74) is 3.92. The first-order valence-electron chi connectivity index (χ1n) is 5.15. The van der Waals surface area contributed by atoms with Crippen molar-refractivity contribution in [3.63, 3.8) is 0 Å². The molecule has 0 spiro atoms. The van der Waals surface area contributed by atoms with Gasteiger partial charge in [0, 0.05) is 13.1 Å². The van der Waals surface area contributed by atoms with Crippen molar-refractivity contribution in [2.24, 2.45) is 0 Å². The Bertz CT molecular complexity index is 302. The lowest BCUT2D eigenvalue weighted by Gasteiger charge is -2.06. The maximum atomic E-state index is 3.96. The van der Waals surface area contributed by atoms with Crippen LogP contribution in [0.2, 0.25) is 0 Å². The summed E-state index contributed by atoms with van der Waals surface area (Å²) >= 11 is 0. The number of hydrogen-bond donors (Lipinski definition) is 1. The first-order valence-corrected chi connectivity index (χ1v) is 5.15. The van der Waals surface area contributed by atoms with E-state index in [0.717, 1.165) is 19.5 Å². The van der Waals surface area contributed by atoms with Crippen molar-refractivity contribution in [3.05, 3.63) is 47.5 Å². The third-order valence-corrected chi connectivity index (χ3v) is 2.29. The summed E-state index contributed by atoms with van der Waals surface area (Å²) in [5.74, 6) is 0. The molecule has 0 atom stereocenters. The van der Waals surface area contributed by atoms with Crippen LogP contribution in [0.1, 0.15) is 24.5 Å². The monoisotopic (exact) mass is 189 g/mol. The average Bonchev–Trinajstić information content (AvgIpc) is 2.17. The van der Waals surface area contributed by atoms with Gasteiger partial charge in [0.25, 0.3) is 0 Å². The van der Waals surface area contributed by atoms with Crippen molar-refractivity contribution in [3.8, 4) is 0 Å². The lowest BCUT2D eigenvalue weighted by atomic mass is 10.1. The third kappa shape index (κ3) is 3.75. The lowest BCUT2D eigenvalue weighted by Crippen LogP contribution is -2.15. The SMILES string of the molecule is C=C(CC)CNCc1cccc(C)c1. The third-order valence-electron chi connectivity index (χ3n) is 2.29. The van der Waals surface area contributed by atoms with E-state index in [1.807, 2.05) is 0 Å². The fraction of sp³-hybridized carbons (Fsp3) is 0.385. The molecule has 0 aliphatic carbocycles. The van der Waals surface area contributed by atoms with Crippen molar-refractivity contribution in [2.45, 2.75) is 26.8 Å². The van der Waals surface area contributed by atoms with Crippen LogP contribution in [0.5, 0.6) is 0 Å². The zero-order chi connectivity index (χ0) is 10.4. The van der Waals surface area contributed by atoms with Gasteiger partial charge in [-0.05, 0) is 18.9 Å². The van der Waals surface area contributed by atoms with Crippen molar-refractivity contribution in [2.75, 3.05) is 6.54 Å². The Morgan fingerprint density at radius 3 is 2.86 bits per heavy atom. The largest absolute Gasteiger partial charge is 0.309 e. The van der Waals surface area contributed by atoms with Crippen LogP contribution in [-0.2, 0) is 6.54 Å². The number of hydrogen-bond acceptors (Lipinski definition) is 1. The number of aryl methyl sites for hydroxylation is 1. The summed E-state index contributed by atoms with van der Waals surface area (Å²) in [4.78, 5) is 0. The van der Waals surface area contributed by atoms with Gasteiger partial charge in [0.15, 0.2) is 0 Å². The van der Waals surface area contributed by atoms with Gasteiger partial charge in [0.1, 0.15) is 0 Å². The molecule has 0 aliphatic rings. The molecule has 1 aromatic rings. The van der Waals surface area contributed by atoms with Gasteiger partial charge in [-0.2, -0.15) is 0 Å². The second kappa shape index (κ2) is 5.61. The minimum atomic E-state index is 0.921. The van der Waals surface area contributed by atoms with Crippen LogP contribution in [-0.4, -0.2) is 6.54 Å². The zero-order valence-electron chi connectivity index (χ0n) is 9.14. The van der Waals surface area contributed by atoms with Crippen molar-refractivity contribution in [1.82, 2.24) is 5.32 Å². The summed E-state index contributed by atoms with van der Waals surface area (Å²) in [7, 11) is 0. The second-order valence-corrected chi connectivity index (χ2v) is 3.70. The molecule has 1 rings (SSSR count). The number of rotatable bonds is 5. The molecule has 0 aromatic heterocycles. The van der Waals surface area contributed by atoms with Gasteiger partial charge in [0.05, 0.1) is 0 Å². The van der Waals surface area contributed by atoms with E-state index in [9.17, 15) is 0 Å². The zero-order valence-corrected chi connectivity index (χ0v) is 9.14. The topological polar surface area (TPSA) is 12.0 Å². The molecular weight excluding hydrogens is 170 g/mol. The summed E-state index contributed by atoms with van der Waals surface area (Å²) in [5, 5.41) is 3.38. The summed E-state index contributed by atoms with van der Waals surface area (Å²) in [6.45, 7) is 10.1. The highest BCUT2D eigenvalue weighted by molar-refractivity contribution is 5.22. The van der Waals surface area contributed by atoms with Crippen LogP contribution in [0.3, 0.4) is 0 Å². The molecule has 0 aliphatic heterocycles. The van der Waals surface area contributed by atoms with Gasteiger partial charge in [-0.15, -0.1) is 0 Å². The Labute approximate surface area is 86.8 Å². The van der Waals surface area contributed by atoms with E-state index in [1.165, 1.54) is 16.7 Å². The van der Waals surface area contributed by atoms with E-state index >= 15 is 0 Å². The molecule has 0 bridgehead atoms. The van der Waals surface area contributed by atoms with Gasteiger partial charge in [0.2, 0.25) is 0 Å². The first kappa shape index (κ1) is 11.0. The van der Waals surface area contributed by atoms with Crippen molar-refractivity contribution >= 4 is 0 Å². The highest BCUT2D eigenvalue weighted by Gasteiger charge is 1.93. The predicted octanol–water partition coefficient (Wildman–Crippen LogP) is 3.05. The molecule has 1 heteroatoms. The molecule has 0 unspecified atom stereocenters. The van der Waals surface area contributed by atoms with Crippen molar-refractivity contribution < 1.29 is 0 Å².